The zero-order valence-electron chi connectivity index (χ0n) is 11.1. The molecular formula is C13H19NO3. The summed E-state index contributed by atoms with van der Waals surface area (Å²) in [5.41, 5.74) is 6.02. The van der Waals surface area contributed by atoms with Gasteiger partial charge in [0.25, 0.3) is 0 Å². The fourth-order valence-electron chi connectivity index (χ4n) is 1.28. The Morgan fingerprint density at radius 3 is 2.59 bits per heavy atom. The highest BCUT2D eigenvalue weighted by molar-refractivity contribution is 5.89. The molecule has 1 aromatic carbocycles. The van der Waals surface area contributed by atoms with E-state index in [-0.39, 0.29) is 13.5 Å². The van der Waals surface area contributed by atoms with Gasteiger partial charge in [0.1, 0.15) is 5.60 Å². The molecule has 1 unspecified atom stereocenters. The number of hydrogen-bond acceptors (Lipinski definition) is 4. The van der Waals surface area contributed by atoms with Gasteiger partial charge in [-0.2, -0.15) is 0 Å². The Morgan fingerprint density at radius 2 is 2.12 bits per heavy atom. The normalized spacial score (nSPS) is 14.0. The predicted molar refractivity (Wildman–Crippen MR) is 65.6 cm³/mol. The second-order valence-corrected chi connectivity index (χ2v) is 4.56. The Morgan fingerprint density at radius 1 is 1.53 bits per heavy atom. The van der Waals surface area contributed by atoms with E-state index in [2.05, 4.69) is 0 Å². The molecule has 0 aliphatic carbocycles. The third-order valence-electron chi connectivity index (χ3n) is 2.14. The van der Waals surface area contributed by atoms with Gasteiger partial charge in [-0.05, 0) is 38.4 Å². The van der Waals surface area contributed by atoms with Crippen molar-refractivity contribution in [2.24, 2.45) is 5.73 Å². The summed E-state index contributed by atoms with van der Waals surface area (Å²) in [4.78, 5) is 11.8. The molecule has 4 nitrogen and oxygen atoms in total. The van der Waals surface area contributed by atoms with E-state index in [1.807, 2.05) is 0 Å². The van der Waals surface area contributed by atoms with Crippen molar-refractivity contribution in [3.05, 3.63) is 35.4 Å². The lowest BCUT2D eigenvalue weighted by Crippen LogP contribution is -2.24. The first-order valence-corrected chi connectivity index (χ1v) is 5.38. The molecule has 0 bridgehead atoms. The van der Waals surface area contributed by atoms with Gasteiger partial charge < -0.3 is 15.6 Å². The van der Waals surface area contributed by atoms with E-state index in [1.54, 1.807) is 38.1 Å². The van der Waals surface area contributed by atoms with E-state index >= 15 is 0 Å². The van der Waals surface area contributed by atoms with Crippen LogP contribution in [0.3, 0.4) is 0 Å². The summed E-state index contributed by atoms with van der Waals surface area (Å²) in [5.74, 6) is -0.462. The van der Waals surface area contributed by atoms with E-state index in [0.29, 0.717) is 5.56 Å². The molecular weight excluding hydrogens is 218 g/mol. The minimum absolute atomic E-state index is 0.00616. The number of rotatable bonds is 3. The molecule has 94 valence electrons. The summed E-state index contributed by atoms with van der Waals surface area (Å²) < 4.78 is 12.4. The number of nitrogens with two attached hydrogens (primary N) is 1. The molecule has 0 fully saturated rings. The van der Waals surface area contributed by atoms with Gasteiger partial charge in [-0.15, -0.1) is 0 Å². The van der Waals surface area contributed by atoms with Crippen molar-refractivity contribution in [3.63, 3.8) is 0 Å². The zero-order chi connectivity index (χ0) is 13.8. The maximum Gasteiger partial charge on any atom is 0.338 e. The molecule has 3 N–H and O–H groups in total. The zero-order valence-corrected chi connectivity index (χ0v) is 10.1. The lowest BCUT2D eigenvalue weighted by atomic mass is 10.1. The first kappa shape index (κ1) is 12.1. The average molecular weight is 238 g/mol. The van der Waals surface area contributed by atoms with Crippen LogP contribution in [0.15, 0.2) is 24.3 Å². The number of carbonyl (C=O) groups excluding carboxylic acids is 1. The standard InChI is InChI=1S/C13H19NO3/c1-13(2,3)17-12(16)10-6-4-9(5-7-10)11(14)8-15/h4-7,11,15H,8,14H2,1-3H3/i1D. The fourth-order valence-corrected chi connectivity index (χ4v) is 1.28. The number of ether oxygens (including phenoxy) is 1. The third-order valence-corrected chi connectivity index (χ3v) is 2.14. The number of aliphatic hydroxyl groups excluding tert-OH is 1. The van der Waals surface area contributed by atoms with Crippen LogP contribution in [0.1, 0.15) is 44.1 Å². The third kappa shape index (κ3) is 4.17. The van der Waals surface area contributed by atoms with Crippen molar-refractivity contribution in [2.75, 3.05) is 6.61 Å². The number of hydrogen-bond donors (Lipinski definition) is 2. The van der Waals surface area contributed by atoms with Crippen molar-refractivity contribution in [1.82, 2.24) is 0 Å². The summed E-state index contributed by atoms with van der Waals surface area (Å²) in [6.07, 6.45) is 0. The monoisotopic (exact) mass is 238 g/mol. The molecule has 0 aliphatic heterocycles. The Kier molecular flexibility index (Phi) is 3.76. The number of carbonyl (C=O) groups is 1. The molecule has 0 heterocycles. The van der Waals surface area contributed by atoms with Crippen molar-refractivity contribution in [3.8, 4) is 0 Å². The van der Waals surface area contributed by atoms with Gasteiger partial charge >= 0.3 is 5.97 Å². The van der Waals surface area contributed by atoms with Crippen LogP contribution in [0.2, 0.25) is 0 Å². The van der Waals surface area contributed by atoms with E-state index in [1.165, 1.54) is 0 Å². The van der Waals surface area contributed by atoms with E-state index in [4.69, 9.17) is 16.9 Å². The van der Waals surface area contributed by atoms with Crippen LogP contribution in [0.25, 0.3) is 0 Å². The number of aliphatic hydroxyl groups is 1. The summed E-state index contributed by atoms with van der Waals surface area (Å²) >= 11 is 0. The van der Waals surface area contributed by atoms with Crippen molar-refractivity contribution in [1.29, 1.82) is 0 Å². The Bertz CT molecular complexity index is 403. The molecule has 0 aliphatic rings. The highest BCUT2D eigenvalue weighted by Gasteiger charge is 2.17. The van der Waals surface area contributed by atoms with Crippen LogP contribution in [-0.2, 0) is 4.74 Å². The summed E-state index contributed by atoms with van der Waals surface area (Å²) in [6, 6.07) is 6.14. The molecule has 4 heteroatoms. The maximum absolute atomic E-state index is 11.8. The van der Waals surface area contributed by atoms with Crippen LogP contribution >= 0.6 is 0 Å². The first-order chi connectivity index (χ1) is 8.39. The van der Waals surface area contributed by atoms with Crippen molar-refractivity contribution >= 4 is 5.97 Å². The van der Waals surface area contributed by atoms with Crippen LogP contribution in [0.5, 0.6) is 0 Å². The Balaban J connectivity index is 2.76. The van der Waals surface area contributed by atoms with Crippen LogP contribution < -0.4 is 5.73 Å². The average Bonchev–Trinajstić information content (AvgIpc) is 2.37. The van der Waals surface area contributed by atoms with Gasteiger partial charge in [-0.25, -0.2) is 4.79 Å². The predicted octanol–water partition coefficient (Wildman–Crippen LogP) is 1.63. The van der Waals surface area contributed by atoms with E-state index < -0.39 is 17.6 Å². The minimum atomic E-state index is -0.794. The van der Waals surface area contributed by atoms with E-state index in [9.17, 15) is 4.79 Å². The molecule has 1 rings (SSSR count). The second kappa shape index (κ2) is 5.29. The lowest BCUT2D eigenvalue weighted by Gasteiger charge is -2.19. The van der Waals surface area contributed by atoms with Gasteiger partial charge in [-0.1, -0.05) is 12.1 Å². The van der Waals surface area contributed by atoms with Gasteiger partial charge in [0.2, 0.25) is 0 Å². The molecule has 0 amide bonds. The SMILES string of the molecule is [2H]CC(C)(C)OC(=O)c1ccc(C(N)CO)cc1. The topological polar surface area (TPSA) is 72.5 Å². The molecule has 0 saturated heterocycles. The van der Waals surface area contributed by atoms with Crippen LogP contribution in [0.4, 0.5) is 0 Å². The van der Waals surface area contributed by atoms with Crippen LogP contribution in [0, 0.1) is 0 Å². The van der Waals surface area contributed by atoms with Crippen LogP contribution in [-0.4, -0.2) is 23.3 Å². The van der Waals surface area contributed by atoms with E-state index in [0.717, 1.165) is 5.56 Å². The Hall–Kier alpha value is -1.39. The summed E-state index contributed by atoms with van der Waals surface area (Å²) in [7, 11) is 0. The lowest BCUT2D eigenvalue weighted by molar-refractivity contribution is 0.00695. The van der Waals surface area contributed by atoms with Gasteiger partial charge in [0.15, 0.2) is 0 Å². The van der Waals surface area contributed by atoms with Crippen molar-refractivity contribution < 1.29 is 16.0 Å². The molecule has 1 atom stereocenters. The van der Waals surface area contributed by atoms with Crippen molar-refractivity contribution in [2.45, 2.75) is 32.4 Å². The summed E-state index contributed by atoms with van der Waals surface area (Å²) in [5, 5.41) is 8.91. The number of benzene rings is 1. The largest absolute Gasteiger partial charge is 0.456 e. The second-order valence-electron chi connectivity index (χ2n) is 4.56. The summed E-state index contributed by atoms with van der Waals surface area (Å²) in [6.45, 7) is 3.24. The molecule has 0 radical (unpaired) electrons. The maximum atomic E-state index is 11.8. The fraction of sp³-hybridized carbons (Fsp3) is 0.462. The van der Waals surface area contributed by atoms with Gasteiger partial charge in [0, 0.05) is 1.37 Å². The Labute approximate surface area is 103 Å². The highest BCUT2D eigenvalue weighted by atomic mass is 16.6. The molecule has 0 spiro atoms. The number of esters is 1. The minimum Gasteiger partial charge on any atom is -0.456 e. The molecule has 17 heavy (non-hydrogen) atoms. The molecule has 1 aromatic rings. The smallest absolute Gasteiger partial charge is 0.338 e. The molecule has 0 aromatic heterocycles. The molecule has 0 saturated carbocycles. The highest BCUT2D eigenvalue weighted by Crippen LogP contribution is 2.15. The van der Waals surface area contributed by atoms with Gasteiger partial charge in [0.05, 0.1) is 18.2 Å². The van der Waals surface area contributed by atoms with Gasteiger partial charge in [-0.3, -0.25) is 0 Å². The first-order valence-electron chi connectivity index (χ1n) is 6.09. The quantitative estimate of drug-likeness (QED) is 0.785.